The lowest BCUT2D eigenvalue weighted by molar-refractivity contribution is -0.167. The molecule has 6 heteroatoms. The Labute approximate surface area is 377 Å². The molecule has 0 amide bonds. The zero-order chi connectivity index (χ0) is 44.4. The second-order valence-corrected chi connectivity index (χ2v) is 17.1. The molecular formula is C55H96O6. The van der Waals surface area contributed by atoms with Crippen molar-refractivity contribution in [3.05, 3.63) is 60.8 Å². The van der Waals surface area contributed by atoms with Crippen LogP contribution in [0.25, 0.3) is 0 Å². The Bertz CT molecular complexity index is 1120. The summed E-state index contributed by atoms with van der Waals surface area (Å²) in [5.74, 6) is -0.936. The van der Waals surface area contributed by atoms with Gasteiger partial charge in [-0.1, -0.05) is 210 Å². The number of hydrogen-bond acceptors (Lipinski definition) is 6. The molecule has 0 spiro atoms. The average molecular weight is 853 g/mol. The fourth-order valence-corrected chi connectivity index (χ4v) is 7.13. The summed E-state index contributed by atoms with van der Waals surface area (Å²) in [6.45, 7) is 6.48. The van der Waals surface area contributed by atoms with E-state index in [1.807, 2.05) is 0 Å². The highest BCUT2D eigenvalue weighted by atomic mass is 16.6. The van der Waals surface area contributed by atoms with Crippen molar-refractivity contribution in [1.82, 2.24) is 0 Å². The molecule has 352 valence electrons. The standard InChI is InChI=1S/C55H96O6/c1-4-7-10-13-16-19-22-25-27-30-32-35-38-41-44-47-53(56)59-50-52(61-55(58)49-46-43-40-37-34-29-24-21-18-15-12-9-6-3)51-60-54(57)48-45-42-39-36-33-31-28-26-23-20-17-14-11-8-5-2/h7,10,16,19,21,24-25,27,32,35,52H,4-6,8-9,11-15,17-18,20,22-23,26,28-31,33-34,36-51H2,1-3H3/b10-7-,19-16-,24-21-,27-25-,35-32-/t52-/m1/s1. The van der Waals surface area contributed by atoms with Crippen LogP contribution in [0.2, 0.25) is 0 Å². The molecule has 0 heterocycles. The molecule has 0 aromatic carbocycles. The summed E-state index contributed by atoms with van der Waals surface area (Å²) in [4.78, 5) is 37.9. The molecule has 0 bridgehead atoms. The number of carbonyl (C=O) groups is 3. The van der Waals surface area contributed by atoms with E-state index in [-0.39, 0.29) is 31.1 Å². The fraction of sp³-hybridized carbons (Fsp3) is 0.764. The molecule has 0 aliphatic rings. The molecular weight excluding hydrogens is 757 g/mol. The Balaban J connectivity index is 4.43. The van der Waals surface area contributed by atoms with Gasteiger partial charge in [0.25, 0.3) is 0 Å². The van der Waals surface area contributed by atoms with Gasteiger partial charge < -0.3 is 14.2 Å². The summed E-state index contributed by atoms with van der Waals surface area (Å²) in [6.07, 6.45) is 60.6. The zero-order valence-corrected chi connectivity index (χ0v) is 40.2. The molecule has 0 aliphatic carbocycles. The van der Waals surface area contributed by atoms with E-state index in [1.54, 1.807) is 0 Å². The van der Waals surface area contributed by atoms with E-state index in [4.69, 9.17) is 14.2 Å². The number of ether oxygens (including phenoxy) is 3. The third kappa shape index (κ3) is 48.0. The van der Waals surface area contributed by atoms with Gasteiger partial charge in [0.15, 0.2) is 6.10 Å². The predicted molar refractivity (Wildman–Crippen MR) is 261 cm³/mol. The summed E-state index contributed by atoms with van der Waals surface area (Å²) in [5.41, 5.74) is 0. The molecule has 1 atom stereocenters. The molecule has 6 nitrogen and oxygen atoms in total. The normalized spacial score (nSPS) is 12.5. The molecule has 61 heavy (non-hydrogen) atoms. The number of rotatable bonds is 46. The van der Waals surface area contributed by atoms with Crippen LogP contribution in [0.1, 0.15) is 252 Å². The zero-order valence-electron chi connectivity index (χ0n) is 40.2. The molecule has 0 aromatic heterocycles. The van der Waals surface area contributed by atoms with Gasteiger partial charge in [0.1, 0.15) is 13.2 Å². The number of allylic oxidation sites excluding steroid dienone is 10. The highest BCUT2D eigenvalue weighted by Crippen LogP contribution is 2.15. The topological polar surface area (TPSA) is 78.9 Å². The Kier molecular flexibility index (Phi) is 47.4. The maximum absolute atomic E-state index is 12.8. The molecule has 0 saturated carbocycles. The third-order valence-corrected chi connectivity index (χ3v) is 11.0. The van der Waals surface area contributed by atoms with Crippen molar-refractivity contribution in [2.45, 2.75) is 258 Å². The first-order valence-corrected chi connectivity index (χ1v) is 25.8. The van der Waals surface area contributed by atoms with E-state index in [0.717, 1.165) is 96.3 Å². The minimum atomic E-state index is -0.792. The maximum atomic E-state index is 12.8. The van der Waals surface area contributed by atoms with Gasteiger partial charge in [-0.15, -0.1) is 0 Å². The van der Waals surface area contributed by atoms with Crippen LogP contribution in [-0.4, -0.2) is 37.2 Å². The second-order valence-electron chi connectivity index (χ2n) is 17.1. The molecule has 0 aromatic rings. The number of esters is 3. The van der Waals surface area contributed by atoms with Crippen LogP contribution < -0.4 is 0 Å². The molecule has 0 unspecified atom stereocenters. The minimum Gasteiger partial charge on any atom is -0.462 e. The maximum Gasteiger partial charge on any atom is 0.306 e. The Morgan fingerprint density at radius 3 is 1.07 bits per heavy atom. The third-order valence-electron chi connectivity index (χ3n) is 11.0. The highest BCUT2D eigenvalue weighted by molar-refractivity contribution is 5.71. The smallest absolute Gasteiger partial charge is 0.306 e. The van der Waals surface area contributed by atoms with E-state index >= 15 is 0 Å². The van der Waals surface area contributed by atoms with Gasteiger partial charge in [0.2, 0.25) is 0 Å². The molecule has 0 rings (SSSR count). The van der Waals surface area contributed by atoms with Crippen molar-refractivity contribution in [2.75, 3.05) is 13.2 Å². The van der Waals surface area contributed by atoms with E-state index in [1.165, 1.54) is 116 Å². The van der Waals surface area contributed by atoms with Crippen LogP contribution in [0.3, 0.4) is 0 Å². The van der Waals surface area contributed by atoms with E-state index in [2.05, 4.69) is 81.5 Å². The highest BCUT2D eigenvalue weighted by Gasteiger charge is 2.19. The van der Waals surface area contributed by atoms with Crippen molar-refractivity contribution < 1.29 is 28.6 Å². The number of carbonyl (C=O) groups excluding carboxylic acids is 3. The van der Waals surface area contributed by atoms with Crippen molar-refractivity contribution in [3.8, 4) is 0 Å². The largest absolute Gasteiger partial charge is 0.462 e. The van der Waals surface area contributed by atoms with Crippen LogP contribution in [0.4, 0.5) is 0 Å². The predicted octanol–water partition coefficient (Wildman–Crippen LogP) is 16.9. The Morgan fingerprint density at radius 2 is 0.639 bits per heavy atom. The lowest BCUT2D eigenvalue weighted by atomic mass is 10.0. The van der Waals surface area contributed by atoms with Crippen molar-refractivity contribution in [2.24, 2.45) is 0 Å². The molecule has 0 N–H and O–H groups in total. The summed E-state index contributed by atoms with van der Waals surface area (Å²) < 4.78 is 16.8. The molecule has 0 aliphatic heterocycles. The van der Waals surface area contributed by atoms with Crippen molar-refractivity contribution in [3.63, 3.8) is 0 Å². The van der Waals surface area contributed by atoms with Gasteiger partial charge in [0, 0.05) is 19.3 Å². The Hall–Kier alpha value is -2.89. The van der Waals surface area contributed by atoms with Gasteiger partial charge >= 0.3 is 17.9 Å². The van der Waals surface area contributed by atoms with Gasteiger partial charge in [-0.2, -0.15) is 0 Å². The van der Waals surface area contributed by atoms with Gasteiger partial charge in [0.05, 0.1) is 0 Å². The van der Waals surface area contributed by atoms with Gasteiger partial charge in [-0.25, -0.2) is 0 Å². The average Bonchev–Trinajstić information content (AvgIpc) is 3.26. The van der Waals surface area contributed by atoms with Gasteiger partial charge in [-0.05, 0) is 83.5 Å². The van der Waals surface area contributed by atoms with Gasteiger partial charge in [-0.3, -0.25) is 14.4 Å². The van der Waals surface area contributed by atoms with Crippen molar-refractivity contribution >= 4 is 17.9 Å². The second kappa shape index (κ2) is 49.8. The van der Waals surface area contributed by atoms with Crippen LogP contribution in [0, 0.1) is 0 Å². The monoisotopic (exact) mass is 853 g/mol. The fourth-order valence-electron chi connectivity index (χ4n) is 7.13. The molecule has 0 radical (unpaired) electrons. The summed E-state index contributed by atoms with van der Waals surface area (Å²) >= 11 is 0. The van der Waals surface area contributed by atoms with E-state index in [0.29, 0.717) is 19.3 Å². The minimum absolute atomic E-state index is 0.0887. The van der Waals surface area contributed by atoms with Crippen LogP contribution in [0.5, 0.6) is 0 Å². The van der Waals surface area contributed by atoms with Crippen LogP contribution in [0.15, 0.2) is 60.8 Å². The Morgan fingerprint density at radius 1 is 0.344 bits per heavy atom. The SMILES string of the molecule is CC/C=C\C/C=C\C/C=C\C/C=C\CCCCC(=O)OC[C@H](COC(=O)CCCCCCCCCCCCCCCCC)OC(=O)CCCCCCC/C=C\CCCCCC. The quantitative estimate of drug-likeness (QED) is 0.0263. The van der Waals surface area contributed by atoms with E-state index < -0.39 is 6.10 Å². The summed E-state index contributed by atoms with van der Waals surface area (Å²) in [5, 5.41) is 0. The first-order chi connectivity index (χ1) is 30.0. The summed E-state index contributed by atoms with van der Waals surface area (Å²) in [6, 6.07) is 0. The molecule has 0 saturated heterocycles. The summed E-state index contributed by atoms with van der Waals surface area (Å²) in [7, 11) is 0. The molecule has 0 fully saturated rings. The van der Waals surface area contributed by atoms with E-state index in [9.17, 15) is 14.4 Å². The van der Waals surface area contributed by atoms with Crippen molar-refractivity contribution in [1.29, 1.82) is 0 Å². The first-order valence-electron chi connectivity index (χ1n) is 25.8. The lowest BCUT2D eigenvalue weighted by Crippen LogP contribution is -2.30. The van der Waals surface area contributed by atoms with Crippen LogP contribution >= 0.6 is 0 Å². The lowest BCUT2D eigenvalue weighted by Gasteiger charge is -2.18. The van der Waals surface area contributed by atoms with Crippen LogP contribution in [-0.2, 0) is 28.6 Å². The number of hydrogen-bond donors (Lipinski definition) is 0. The first kappa shape index (κ1) is 58.1. The number of unbranched alkanes of at least 4 members (excludes halogenated alkanes) is 25.